The molecule has 4 nitrogen and oxygen atoms in total. The predicted molar refractivity (Wildman–Crippen MR) is 79.2 cm³/mol. The van der Waals surface area contributed by atoms with E-state index < -0.39 is 15.3 Å². The molecule has 0 aromatic heterocycles. The van der Waals surface area contributed by atoms with Gasteiger partial charge in [0.1, 0.15) is 0 Å². The molecule has 1 fully saturated rings. The minimum absolute atomic E-state index is 0.472. The molecule has 1 aliphatic rings. The molecule has 2 N–H and O–H groups in total. The quantitative estimate of drug-likeness (QED) is 0.849. The van der Waals surface area contributed by atoms with Crippen LogP contribution >= 0.6 is 11.6 Å². The van der Waals surface area contributed by atoms with Crippen molar-refractivity contribution in [2.75, 3.05) is 11.3 Å². The van der Waals surface area contributed by atoms with E-state index in [4.69, 9.17) is 11.6 Å². The molecule has 2 rings (SSSR count). The number of halogens is 1. The molecule has 1 aromatic carbocycles. The van der Waals surface area contributed by atoms with Crippen molar-refractivity contribution in [3.05, 3.63) is 28.8 Å². The van der Waals surface area contributed by atoms with Gasteiger partial charge in [0, 0.05) is 17.6 Å². The van der Waals surface area contributed by atoms with E-state index in [0.717, 1.165) is 18.4 Å². The summed E-state index contributed by atoms with van der Waals surface area (Å²) in [7, 11) is -3.39. The lowest BCUT2D eigenvalue weighted by molar-refractivity contribution is 0.576. The summed E-state index contributed by atoms with van der Waals surface area (Å²) in [5, 5.41) is 3.31. The average molecular weight is 303 g/mol. The van der Waals surface area contributed by atoms with Gasteiger partial charge in [-0.25, -0.2) is 8.42 Å². The van der Waals surface area contributed by atoms with E-state index in [-0.39, 0.29) is 0 Å². The zero-order chi connectivity index (χ0) is 14.0. The van der Waals surface area contributed by atoms with Crippen molar-refractivity contribution in [1.82, 2.24) is 5.32 Å². The molecule has 1 saturated carbocycles. The van der Waals surface area contributed by atoms with Crippen molar-refractivity contribution in [3.8, 4) is 0 Å². The van der Waals surface area contributed by atoms with Crippen LogP contribution in [0.5, 0.6) is 0 Å². The van der Waals surface area contributed by atoms with Crippen molar-refractivity contribution in [3.63, 3.8) is 0 Å². The molecule has 1 aromatic rings. The van der Waals surface area contributed by atoms with Crippen LogP contribution in [0.3, 0.4) is 0 Å². The maximum absolute atomic E-state index is 12.2. The van der Waals surface area contributed by atoms with Crippen LogP contribution in [-0.4, -0.2) is 26.3 Å². The van der Waals surface area contributed by atoms with Gasteiger partial charge in [0.05, 0.1) is 10.9 Å². The molecule has 0 spiro atoms. The first-order valence-corrected chi connectivity index (χ1v) is 8.32. The highest BCUT2D eigenvalue weighted by Gasteiger charge is 2.26. The van der Waals surface area contributed by atoms with Gasteiger partial charge in [-0.2, -0.15) is 0 Å². The lowest BCUT2D eigenvalue weighted by Gasteiger charge is -2.17. The van der Waals surface area contributed by atoms with Crippen LogP contribution in [0, 0.1) is 6.92 Å². The van der Waals surface area contributed by atoms with E-state index in [0.29, 0.717) is 23.3 Å². The van der Waals surface area contributed by atoms with Gasteiger partial charge >= 0.3 is 0 Å². The number of hydrogen-bond donors (Lipinski definition) is 2. The number of hydrogen-bond acceptors (Lipinski definition) is 3. The predicted octanol–water partition coefficient (Wildman–Crippen LogP) is 2.53. The van der Waals surface area contributed by atoms with Crippen LogP contribution in [-0.2, 0) is 10.0 Å². The third-order valence-electron chi connectivity index (χ3n) is 3.32. The number of anilines is 1. The minimum Gasteiger partial charge on any atom is -0.313 e. The summed E-state index contributed by atoms with van der Waals surface area (Å²) in [6, 6.07) is 5.71. The summed E-state index contributed by atoms with van der Waals surface area (Å²) in [5.74, 6) is 0. The second-order valence-corrected chi connectivity index (χ2v) is 7.56. The first-order valence-electron chi connectivity index (χ1n) is 6.40. The Morgan fingerprint density at radius 1 is 1.42 bits per heavy atom. The van der Waals surface area contributed by atoms with Crippen molar-refractivity contribution in [2.45, 2.75) is 38.0 Å². The van der Waals surface area contributed by atoms with Gasteiger partial charge in [-0.15, -0.1) is 0 Å². The summed E-state index contributed by atoms with van der Waals surface area (Å²) in [4.78, 5) is 0. The summed E-state index contributed by atoms with van der Waals surface area (Å²) in [6.07, 6.45) is 2.29. The van der Waals surface area contributed by atoms with Crippen LogP contribution in [0.4, 0.5) is 5.69 Å². The van der Waals surface area contributed by atoms with Crippen molar-refractivity contribution < 1.29 is 8.42 Å². The van der Waals surface area contributed by atoms with Crippen LogP contribution in [0.15, 0.2) is 18.2 Å². The lowest BCUT2D eigenvalue weighted by atomic mass is 10.2. The normalized spacial score (nSPS) is 17.2. The zero-order valence-corrected chi connectivity index (χ0v) is 12.7. The third kappa shape index (κ3) is 3.84. The Kier molecular flexibility index (Phi) is 4.38. The lowest BCUT2D eigenvalue weighted by Crippen LogP contribution is -2.35. The Bertz CT molecular complexity index is 556. The number of nitrogens with one attached hydrogen (secondary N) is 2. The topological polar surface area (TPSA) is 58.2 Å². The molecule has 0 bridgehead atoms. The molecule has 1 aliphatic carbocycles. The molecule has 19 heavy (non-hydrogen) atoms. The maximum Gasteiger partial charge on any atom is 0.236 e. The Labute approximate surface area is 119 Å². The first-order chi connectivity index (χ1) is 8.90. The molecule has 0 amide bonds. The Morgan fingerprint density at radius 2 is 2.11 bits per heavy atom. The average Bonchev–Trinajstić information content (AvgIpc) is 3.15. The zero-order valence-electron chi connectivity index (χ0n) is 11.1. The number of sulfonamides is 1. The molecule has 0 saturated heterocycles. The molecule has 0 heterocycles. The highest BCUT2D eigenvalue weighted by atomic mass is 35.5. The smallest absolute Gasteiger partial charge is 0.236 e. The van der Waals surface area contributed by atoms with E-state index in [1.807, 2.05) is 0 Å². The second-order valence-electron chi connectivity index (χ2n) is 5.05. The van der Waals surface area contributed by atoms with Crippen molar-refractivity contribution in [2.24, 2.45) is 0 Å². The van der Waals surface area contributed by atoms with E-state index >= 15 is 0 Å². The monoisotopic (exact) mass is 302 g/mol. The maximum atomic E-state index is 12.2. The van der Waals surface area contributed by atoms with E-state index in [1.54, 1.807) is 32.0 Å². The van der Waals surface area contributed by atoms with E-state index in [9.17, 15) is 8.42 Å². The molecule has 6 heteroatoms. The van der Waals surface area contributed by atoms with Gasteiger partial charge in [0.15, 0.2) is 0 Å². The van der Waals surface area contributed by atoms with Crippen LogP contribution < -0.4 is 10.0 Å². The largest absolute Gasteiger partial charge is 0.313 e. The van der Waals surface area contributed by atoms with Gasteiger partial charge < -0.3 is 5.32 Å². The van der Waals surface area contributed by atoms with Gasteiger partial charge in [0.2, 0.25) is 10.0 Å². The Balaban J connectivity index is 2.04. The molecular formula is C13H19ClN2O2S. The van der Waals surface area contributed by atoms with Gasteiger partial charge in [-0.3, -0.25) is 4.72 Å². The first kappa shape index (κ1) is 14.6. The highest BCUT2D eigenvalue weighted by Crippen LogP contribution is 2.24. The third-order valence-corrected chi connectivity index (χ3v) is 5.46. The van der Waals surface area contributed by atoms with Crippen molar-refractivity contribution >= 4 is 27.3 Å². The van der Waals surface area contributed by atoms with E-state index in [1.165, 1.54) is 0 Å². The van der Waals surface area contributed by atoms with Gasteiger partial charge in [-0.05, 0) is 44.4 Å². The Hall–Kier alpha value is -0.780. The fourth-order valence-corrected chi connectivity index (χ4v) is 2.92. The molecule has 1 atom stereocenters. The fourth-order valence-electron chi connectivity index (χ4n) is 1.70. The van der Waals surface area contributed by atoms with Gasteiger partial charge in [0.25, 0.3) is 0 Å². The van der Waals surface area contributed by atoms with Crippen molar-refractivity contribution in [1.29, 1.82) is 0 Å². The fraction of sp³-hybridized carbons (Fsp3) is 0.538. The molecule has 0 radical (unpaired) electrons. The molecular weight excluding hydrogens is 284 g/mol. The molecule has 1 unspecified atom stereocenters. The SMILES string of the molecule is Cc1c(Cl)cccc1NS(=O)(=O)C(C)CNC1CC1. The van der Waals surface area contributed by atoms with Crippen LogP contribution in [0.2, 0.25) is 5.02 Å². The van der Waals surface area contributed by atoms with E-state index in [2.05, 4.69) is 10.0 Å². The summed E-state index contributed by atoms with van der Waals surface area (Å²) >= 11 is 5.99. The number of benzene rings is 1. The summed E-state index contributed by atoms with van der Waals surface area (Å²) in [6.45, 7) is 3.98. The Morgan fingerprint density at radius 3 is 2.74 bits per heavy atom. The molecule has 106 valence electrons. The summed E-state index contributed by atoms with van der Waals surface area (Å²) < 4.78 is 27.0. The molecule has 0 aliphatic heterocycles. The van der Waals surface area contributed by atoms with Crippen LogP contribution in [0.1, 0.15) is 25.3 Å². The minimum atomic E-state index is -3.39. The highest BCUT2D eigenvalue weighted by molar-refractivity contribution is 7.93. The van der Waals surface area contributed by atoms with Gasteiger partial charge in [-0.1, -0.05) is 17.7 Å². The van der Waals surface area contributed by atoms with Crippen LogP contribution in [0.25, 0.3) is 0 Å². The second kappa shape index (κ2) is 5.69. The standard InChI is InChI=1S/C13H19ClN2O2S/c1-9(8-15-11-6-7-11)19(17,18)16-13-5-3-4-12(14)10(13)2/h3-5,9,11,15-16H,6-8H2,1-2H3. The number of rotatable bonds is 6. The summed E-state index contributed by atoms with van der Waals surface area (Å²) in [5.41, 5.74) is 1.29.